The van der Waals surface area contributed by atoms with Gasteiger partial charge in [-0.25, -0.2) is 0 Å². The maximum atomic E-state index is 4.81. The van der Waals surface area contributed by atoms with Crippen LogP contribution in [0.5, 0.6) is 0 Å². The fourth-order valence-electron chi connectivity index (χ4n) is 3.14. The van der Waals surface area contributed by atoms with Crippen molar-refractivity contribution in [2.75, 3.05) is 26.2 Å². The van der Waals surface area contributed by atoms with Gasteiger partial charge in [-0.3, -0.25) is 9.89 Å². The summed E-state index contributed by atoms with van der Waals surface area (Å²) in [6, 6.07) is 11.7. The van der Waals surface area contributed by atoms with Crippen molar-refractivity contribution in [3.05, 3.63) is 35.9 Å². The molecule has 0 aliphatic heterocycles. The standard InChI is InChI=1S/C20H32N4.HI/c1-3-21-20(23-16(2)18-7-5-4-6-8-18)22-13-14-24(19-11-12-19)15-17-9-10-17;/h4-8,16-17,19H,3,9-15H2,1-2H3,(H2,21,22,23);1H. The summed E-state index contributed by atoms with van der Waals surface area (Å²) in [5.41, 5.74) is 1.29. The van der Waals surface area contributed by atoms with Gasteiger partial charge in [0.25, 0.3) is 0 Å². The monoisotopic (exact) mass is 456 g/mol. The first-order valence-corrected chi connectivity index (χ1v) is 9.60. The van der Waals surface area contributed by atoms with Crippen molar-refractivity contribution in [1.29, 1.82) is 0 Å². The molecular formula is C20H33IN4. The second-order valence-corrected chi connectivity index (χ2v) is 7.21. The van der Waals surface area contributed by atoms with E-state index in [-0.39, 0.29) is 30.0 Å². The first-order valence-electron chi connectivity index (χ1n) is 9.60. The van der Waals surface area contributed by atoms with Crippen molar-refractivity contribution >= 4 is 29.9 Å². The van der Waals surface area contributed by atoms with E-state index in [0.717, 1.165) is 37.6 Å². The van der Waals surface area contributed by atoms with Crippen LogP contribution in [0.3, 0.4) is 0 Å². The van der Waals surface area contributed by atoms with Crippen LogP contribution in [0.4, 0.5) is 0 Å². The molecule has 1 aromatic rings. The lowest BCUT2D eigenvalue weighted by Crippen LogP contribution is -2.39. The average molecular weight is 456 g/mol. The molecule has 2 aliphatic carbocycles. The summed E-state index contributed by atoms with van der Waals surface area (Å²) in [6.07, 6.45) is 5.65. The topological polar surface area (TPSA) is 39.7 Å². The van der Waals surface area contributed by atoms with Gasteiger partial charge in [0.15, 0.2) is 5.96 Å². The van der Waals surface area contributed by atoms with Crippen LogP contribution < -0.4 is 10.6 Å². The predicted molar refractivity (Wildman–Crippen MR) is 117 cm³/mol. The molecule has 140 valence electrons. The lowest BCUT2D eigenvalue weighted by atomic mass is 10.1. The molecule has 2 aliphatic rings. The number of aliphatic imine (C=N–C) groups is 1. The highest BCUT2D eigenvalue weighted by Gasteiger charge is 2.33. The Bertz CT molecular complexity index is 526. The minimum Gasteiger partial charge on any atom is -0.357 e. The summed E-state index contributed by atoms with van der Waals surface area (Å²) in [5.74, 6) is 1.90. The average Bonchev–Trinajstić information content (AvgIpc) is 3.48. The molecule has 1 aromatic carbocycles. The second-order valence-electron chi connectivity index (χ2n) is 7.21. The SMILES string of the molecule is CCNC(=NCCN(CC1CC1)C1CC1)NC(C)c1ccccc1.I. The number of nitrogens with zero attached hydrogens (tertiary/aromatic N) is 2. The number of halogens is 1. The van der Waals surface area contributed by atoms with E-state index in [1.54, 1.807) is 0 Å². The van der Waals surface area contributed by atoms with Gasteiger partial charge in [-0.05, 0) is 51.0 Å². The van der Waals surface area contributed by atoms with Gasteiger partial charge in [-0.1, -0.05) is 30.3 Å². The molecule has 4 nitrogen and oxygen atoms in total. The van der Waals surface area contributed by atoms with Gasteiger partial charge in [0.05, 0.1) is 12.6 Å². The zero-order valence-corrected chi connectivity index (χ0v) is 17.9. The maximum Gasteiger partial charge on any atom is 0.191 e. The van der Waals surface area contributed by atoms with Gasteiger partial charge < -0.3 is 10.6 Å². The van der Waals surface area contributed by atoms with E-state index in [2.05, 4.69) is 59.7 Å². The Morgan fingerprint density at radius 3 is 2.52 bits per heavy atom. The van der Waals surface area contributed by atoms with Crippen molar-refractivity contribution < 1.29 is 0 Å². The van der Waals surface area contributed by atoms with Crippen molar-refractivity contribution in [3.8, 4) is 0 Å². The number of guanidine groups is 1. The van der Waals surface area contributed by atoms with Gasteiger partial charge in [0.1, 0.15) is 0 Å². The molecule has 1 unspecified atom stereocenters. The Labute approximate surface area is 169 Å². The Kier molecular flexibility index (Phi) is 8.49. The van der Waals surface area contributed by atoms with E-state index in [1.807, 2.05) is 0 Å². The zero-order chi connectivity index (χ0) is 16.8. The summed E-state index contributed by atoms with van der Waals surface area (Å²) in [7, 11) is 0. The molecule has 1 atom stereocenters. The largest absolute Gasteiger partial charge is 0.357 e. The van der Waals surface area contributed by atoms with Crippen LogP contribution in [-0.4, -0.2) is 43.1 Å². The third kappa shape index (κ3) is 7.13. The van der Waals surface area contributed by atoms with Gasteiger partial charge in [-0.15, -0.1) is 24.0 Å². The molecule has 2 fully saturated rings. The molecule has 0 aromatic heterocycles. The smallest absolute Gasteiger partial charge is 0.191 e. The lowest BCUT2D eigenvalue weighted by Gasteiger charge is -2.22. The second kappa shape index (κ2) is 10.4. The van der Waals surface area contributed by atoms with E-state index in [1.165, 1.54) is 37.8 Å². The third-order valence-electron chi connectivity index (χ3n) is 4.91. The molecule has 25 heavy (non-hydrogen) atoms. The van der Waals surface area contributed by atoms with Crippen molar-refractivity contribution in [2.24, 2.45) is 10.9 Å². The Morgan fingerprint density at radius 1 is 1.20 bits per heavy atom. The summed E-state index contributed by atoms with van der Waals surface area (Å²) < 4.78 is 0. The van der Waals surface area contributed by atoms with Crippen LogP contribution in [0.2, 0.25) is 0 Å². The van der Waals surface area contributed by atoms with Crippen molar-refractivity contribution in [3.63, 3.8) is 0 Å². The zero-order valence-electron chi connectivity index (χ0n) is 15.6. The van der Waals surface area contributed by atoms with Crippen LogP contribution >= 0.6 is 24.0 Å². The van der Waals surface area contributed by atoms with Crippen LogP contribution in [0.25, 0.3) is 0 Å². The number of hydrogen-bond acceptors (Lipinski definition) is 2. The lowest BCUT2D eigenvalue weighted by molar-refractivity contribution is 0.260. The molecule has 0 heterocycles. The molecule has 0 saturated heterocycles. The normalized spacial score (nSPS) is 18.6. The molecule has 0 spiro atoms. The molecule has 2 saturated carbocycles. The van der Waals surface area contributed by atoms with E-state index in [4.69, 9.17) is 4.99 Å². The Balaban J connectivity index is 0.00000225. The fourth-order valence-corrected chi connectivity index (χ4v) is 3.14. The number of nitrogens with one attached hydrogen (secondary N) is 2. The van der Waals surface area contributed by atoms with Gasteiger partial charge >= 0.3 is 0 Å². The van der Waals surface area contributed by atoms with E-state index < -0.39 is 0 Å². The van der Waals surface area contributed by atoms with Crippen LogP contribution in [0.15, 0.2) is 35.3 Å². The first kappa shape index (κ1) is 20.5. The molecule has 2 N–H and O–H groups in total. The number of benzene rings is 1. The summed E-state index contributed by atoms with van der Waals surface area (Å²) in [6.45, 7) is 8.46. The Hall–Kier alpha value is -0.820. The highest BCUT2D eigenvalue weighted by atomic mass is 127. The fraction of sp³-hybridized carbons (Fsp3) is 0.650. The molecular weight excluding hydrogens is 423 g/mol. The number of rotatable bonds is 9. The van der Waals surface area contributed by atoms with Gasteiger partial charge in [0.2, 0.25) is 0 Å². The van der Waals surface area contributed by atoms with Crippen molar-refractivity contribution in [1.82, 2.24) is 15.5 Å². The quantitative estimate of drug-likeness (QED) is 0.338. The molecule has 5 heteroatoms. The minimum atomic E-state index is 0. The summed E-state index contributed by atoms with van der Waals surface area (Å²) in [5, 5.41) is 6.90. The van der Waals surface area contributed by atoms with Crippen LogP contribution in [-0.2, 0) is 0 Å². The summed E-state index contributed by atoms with van der Waals surface area (Å²) in [4.78, 5) is 7.48. The highest BCUT2D eigenvalue weighted by molar-refractivity contribution is 14.0. The van der Waals surface area contributed by atoms with Crippen LogP contribution in [0.1, 0.15) is 51.1 Å². The maximum absolute atomic E-state index is 4.81. The van der Waals surface area contributed by atoms with E-state index >= 15 is 0 Å². The molecule has 0 radical (unpaired) electrons. The van der Waals surface area contributed by atoms with Crippen molar-refractivity contribution in [2.45, 2.75) is 51.6 Å². The number of hydrogen-bond donors (Lipinski definition) is 2. The molecule has 3 rings (SSSR count). The minimum absolute atomic E-state index is 0. The van der Waals surface area contributed by atoms with Gasteiger partial charge in [0, 0.05) is 25.7 Å². The van der Waals surface area contributed by atoms with E-state index in [0.29, 0.717) is 0 Å². The molecule has 0 amide bonds. The molecule has 0 bridgehead atoms. The predicted octanol–water partition coefficient (Wildman–Crippen LogP) is 3.80. The first-order chi connectivity index (χ1) is 11.8. The highest BCUT2D eigenvalue weighted by Crippen LogP contribution is 2.34. The van der Waals surface area contributed by atoms with Gasteiger partial charge in [-0.2, -0.15) is 0 Å². The van der Waals surface area contributed by atoms with Crippen LogP contribution in [0, 0.1) is 5.92 Å². The summed E-state index contributed by atoms with van der Waals surface area (Å²) >= 11 is 0. The Morgan fingerprint density at radius 2 is 1.92 bits per heavy atom. The van der Waals surface area contributed by atoms with E-state index in [9.17, 15) is 0 Å². The third-order valence-corrected chi connectivity index (χ3v) is 4.91.